The van der Waals surface area contributed by atoms with E-state index >= 15 is 0 Å². The molecule has 0 aliphatic rings. The molecule has 0 spiro atoms. The molecule has 14 heavy (non-hydrogen) atoms. The second-order valence-electron chi connectivity index (χ2n) is 3.84. The quantitative estimate of drug-likeness (QED) is 0.510. The fourth-order valence-electron chi connectivity index (χ4n) is 0.832. The van der Waals surface area contributed by atoms with Crippen LogP contribution in [0.1, 0.15) is 27.7 Å². The Morgan fingerprint density at radius 3 is 2.36 bits per heavy atom. The lowest BCUT2D eigenvalue weighted by Gasteiger charge is -2.02. The van der Waals surface area contributed by atoms with Crippen LogP contribution in [0.2, 0.25) is 0 Å². The molecule has 0 aliphatic carbocycles. The summed E-state index contributed by atoms with van der Waals surface area (Å²) in [6.45, 7) is 10.4. The molecule has 0 aromatic carbocycles. The molecule has 4 heteroatoms. The zero-order valence-corrected chi connectivity index (χ0v) is 12.7. The predicted molar refractivity (Wildman–Crippen MR) is 69.9 cm³/mol. The summed E-state index contributed by atoms with van der Waals surface area (Å²) >= 11 is 0. The first-order valence-corrected chi connectivity index (χ1v) is 8.10. The van der Waals surface area contributed by atoms with Gasteiger partial charge in [0.2, 0.25) is 0 Å². The van der Waals surface area contributed by atoms with Crippen molar-refractivity contribution in [2.75, 3.05) is 13.2 Å². The molecule has 0 aromatic heterocycles. The monoisotopic (exact) mass is 229 g/mol. The van der Waals surface area contributed by atoms with Gasteiger partial charge in [0.1, 0.15) is 9.68 Å². The molecule has 0 unspecified atom stereocenters. The molecule has 2 nitrogen and oxygen atoms in total. The van der Waals surface area contributed by atoms with E-state index in [-0.39, 0.29) is 19.4 Å². The molecular formula is C10H23NOSi2. The number of allylic oxidation sites excluding steroid dienone is 2. The summed E-state index contributed by atoms with van der Waals surface area (Å²) in [6.07, 6.45) is 0. The highest BCUT2D eigenvalue weighted by Crippen LogP contribution is 1.86. The Morgan fingerprint density at radius 1 is 1.14 bits per heavy atom. The first-order valence-electron chi connectivity index (χ1n) is 5.18. The van der Waals surface area contributed by atoms with Gasteiger partial charge in [-0.3, -0.25) is 0 Å². The van der Waals surface area contributed by atoms with E-state index in [0.29, 0.717) is 0 Å². The number of rotatable bonds is 7. The minimum atomic E-state index is -0.388. The summed E-state index contributed by atoms with van der Waals surface area (Å²) < 4.78 is 5.55. The van der Waals surface area contributed by atoms with Crippen LogP contribution < -0.4 is 4.98 Å². The van der Waals surface area contributed by atoms with E-state index in [1.54, 1.807) is 0 Å². The molecule has 0 saturated carbocycles. The molecule has 0 radical (unpaired) electrons. The molecule has 0 aromatic rings. The molecule has 0 saturated heterocycles. The Hall–Kier alpha value is -0.166. The van der Waals surface area contributed by atoms with Crippen molar-refractivity contribution in [2.45, 2.75) is 27.7 Å². The highest BCUT2D eigenvalue weighted by molar-refractivity contribution is 6.39. The Bertz CT molecular complexity index is 172. The fraction of sp³-hybridized carbons (Fsp3) is 0.600. The van der Waals surface area contributed by atoms with Crippen LogP contribution in [0.5, 0.6) is 0 Å². The van der Waals surface area contributed by atoms with Gasteiger partial charge in [-0.05, 0) is 27.7 Å². The van der Waals surface area contributed by atoms with Gasteiger partial charge in [0.15, 0.2) is 9.76 Å². The van der Waals surface area contributed by atoms with Crippen molar-refractivity contribution >= 4 is 19.4 Å². The van der Waals surface area contributed by atoms with Crippen molar-refractivity contribution < 1.29 is 4.43 Å². The molecule has 0 bridgehead atoms. The van der Waals surface area contributed by atoms with Gasteiger partial charge >= 0.3 is 0 Å². The molecule has 0 heterocycles. The van der Waals surface area contributed by atoms with Gasteiger partial charge in [-0.25, -0.2) is 0 Å². The molecule has 0 aliphatic heterocycles. The summed E-state index contributed by atoms with van der Waals surface area (Å²) in [5, 5.41) is 0. The number of hydrogen-bond donors (Lipinski definition) is 1. The maximum Gasteiger partial charge on any atom is 0.185 e. The van der Waals surface area contributed by atoms with E-state index in [1.165, 1.54) is 11.1 Å². The van der Waals surface area contributed by atoms with E-state index in [0.717, 1.165) is 13.2 Å². The van der Waals surface area contributed by atoms with Crippen LogP contribution in [0.15, 0.2) is 22.5 Å². The van der Waals surface area contributed by atoms with Crippen LogP contribution in [-0.4, -0.2) is 32.6 Å². The summed E-state index contributed by atoms with van der Waals surface area (Å²) in [5.74, 6) is 0. The molecule has 0 rings (SSSR count). The predicted octanol–water partition coefficient (Wildman–Crippen LogP) is 0.608. The maximum absolute atomic E-state index is 5.55. The zero-order chi connectivity index (χ0) is 10.8. The van der Waals surface area contributed by atoms with Crippen LogP contribution >= 0.6 is 0 Å². The second kappa shape index (κ2) is 9.39. The van der Waals surface area contributed by atoms with Gasteiger partial charge in [-0.15, -0.1) is 0 Å². The minimum absolute atomic E-state index is 0.178. The summed E-state index contributed by atoms with van der Waals surface area (Å²) in [6, 6.07) is 0. The van der Waals surface area contributed by atoms with Gasteiger partial charge in [-0.1, -0.05) is 22.5 Å². The number of hydrogen-bond acceptors (Lipinski definition) is 2. The topological polar surface area (TPSA) is 21.3 Å². The minimum Gasteiger partial charge on any atom is -0.418 e. The van der Waals surface area contributed by atoms with E-state index in [1.807, 2.05) is 0 Å². The van der Waals surface area contributed by atoms with Crippen molar-refractivity contribution in [1.82, 2.24) is 4.98 Å². The van der Waals surface area contributed by atoms with Gasteiger partial charge < -0.3 is 9.41 Å². The summed E-state index contributed by atoms with van der Waals surface area (Å²) in [4.78, 5) is 3.44. The van der Waals surface area contributed by atoms with E-state index in [9.17, 15) is 0 Å². The number of nitrogens with one attached hydrogen (secondary N) is 1. The Balaban J connectivity index is 3.15. The van der Waals surface area contributed by atoms with Crippen LogP contribution in [-0.2, 0) is 4.43 Å². The third-order valence-corrected chi connectivity index (χ3v) is 4.86. The van der Waals surface area contributed by atoms with Crippen LogP contribution in [0.4, 0.5) is 0 Å². The molecular weight excluding hydrogens is 206 g/mol. The lowest BCUT2D eigenvalue weighted by atomic mass is 10.4. The third kappa shape index (κ3) is 11.8. The van der Waals surface area contributed by atoms with Crippen molar-refractivity contribution in [3.05, 3.63) is 22.5 Å². The van der Waals surface area contributed by atoms with Gasteiger partial charge in [0, 0.05) is 13.2 Å². The SMILES string of the molecule is CC(C)=C[SiH2]NCCO[SiH2]C=C(C)C. The van der Waals surface area contributed by atoms with Crippen LogP contribution in [0.3, 0.4) is 0 Å². The van der Waals surface area contributed by atoms with Crippen molar-refractivity contribution in [3.8, 4) is 0 Å². The normalized spacial score (nSPS) is 11.4. The molecule has 1 N–H and O–H groups in total. The smallest absolute Gasteiger partial charge is 0.185 e. The molecule has 82 valence electrons. The largest absolute Gasteiger partial charge is 0.418 e. The molecule has 0 atom stereocenters. The average molecular weight is 229 g/mol. The van der Waals surface area contributed by atoms with E-state index in [4.69, 9.17) is 4.43 Å². The van der Waals surface area contributed by atoms with Gasteiger partial charge in [0.25, 0.3) is 0 Å². The van der Waals surface area contributed by atoms with Gasteiger partial charge in [-0.2, -0.15) is 0 Å². The van der Waals surface area contributed by atoms with Crippen molar-refractivity contribution in [3.63, 3.8) is 0 Å². The first kappa shape index (κ1) is 13.8. The Labute approximate surface area is 92.7 Å². The molecule has 0 amide bonds. The van der Waals surface area contributed by atoms with Crippen LogP contribution in [0, 0.1) is 0 Å². The first-order chi connectivity index (χ1) is 6.63. The highest BCUT2D eigenvalue weighted by atomic mass is 28.2. The average Bonchev–Trinajstić information content (AvgIpc) is 2.08. The van der Waals surface area contributed by atoms with Crippen LogP contribution in [0.25, 0.3) is 0 Å². The highest BCUT2D eigenvalue weighted by Gasteiger charge is 1.86. The van der Waals surface area contributed by atoms with E-state index < -0.39 is 0 Å². The maximum atomic E-state index is 5.55. The fourth-order valence-corrected chi connectivity index (χ4v) is 2.49. The second-order valence-corrected chi connectivity index (χ2v) is 6.31. The van der Waals surface area contributed by atoms with E-state index in [2.05, 4.69) is 44.1 Å². The summed E-state index contributed by atoms with van der Waals surface area (Å²) in [7, 11) is -0.566. The summed E-state index contributed by atoms with van der Waals surface area (Å²) in [5.41, 5.74) is 7.37. The van der Waals surface area contributed by atoms with Crippen molar-refractivity contribution in [1.29, 1.82) is 0 Å². The third-order valence-electron chi connectivity index (χ3n) is 1.69. The Kier molecular flexibility index (Phi) is 9.28. The standard InChI is InChI=1S/C10H23NOSi2/c1-9(2)7-13-11-5-6-12-14-8-10(3)4/h7-8,11H,5-6,13-14H2,1-4H3. The molecule has 0 fully saturated rings. The lowest BCUT2D eigenvalue weighted by molar-refractivity contribution is 0.347. The van der Waals surface area contributed by atoms with Gasteiger partial charge in [0.05, 0.1) is 0 Å². The Morgan fingerprint density at radius 2 is 1.79 bits per heavy atom. The van der Waals surface area contributed by atoms with Crippen molar-refractivity contribution in [2.24, 2.45) is 0 Å². The lowest BCUT2D eigenvalue weighted by Crippen LogP contribution is -2.23. The zero-order valence-electron chi connectivity index (χ0n) is 9.89.